The Morgan fingerprint density at radius 3 is 2.50 bits per heavy atom. The first-order valence-corrected chi connectivity index (χ1v) is 6.28. The highest BCUT2D eigenvalue weighted by Crippen LogP contribution is 2.24. The van der Waals surface area contributed by atoms with Crippen LogP contribution in [0.3, 0.4) is 0 Å². The van der Waals surface area contributed by atoms with Crippen LogP contribution in [0.4, 0.5) is 0 Å². The van der Waals surface area contributed by atoms with Crippen LogP contribution in [-0.2, 0) is 12.8 Å². The molecule has 2 rings (SSSR count). The summed E-state index contributed by atoms with van der Waals surface area (Å²) in [6, 6.07) is 14.2. The zero-order valence-electron chi connectivity index (χ0n) is 10.2. The topological polar surface area (TPSA) is 0 Å². The Kier molecular flexibility index (Phi) is 3.61. The number of benzene rings is 2. The zero-order chi connectivity index (χ0) is 11.4. The molecule has 16 heavy (non-hydrogen) atoms. The van der Waals surface area contributed by atoms with E-state index in [1.54, 1.807) is 5.56 Å². The lowest BCUT2D eigenvalue weighted by Gasteiger charge is -2.11. The monoisotopic (exact) mass is 211 g/mol. The predicted octanol–water partition coefficient (Wildman–Crippen LogP) is 4.54. The lowest BCUT2D eigenvalue weighted by atomic mass is 9.93. The van der Waals surface area contributed by atoms with E-state index in [9.17, 15) is 0 Å². The summed E-state index contributed by atoms with van der Waals surface area (Å²) in [6.07, 6.45) is 4.79. The average Bonchev–Trinajstić information content (AvgIpc) is 2.32. The van der Waals surface area contributed by atoms with Crippen molar-refractivity contribution < 1.29 is 0 Å². The van der Waals surface area contributed by atoms with Gasteiger partial charge in [0.1, 0.15) is 0 Å². The molecule has 0 saturated carbocycles. The maximum Gasteiger partial charge on any atom is -0.00961 e. The smallest absolute Gasteiger partial charge is 0.00961 e. The zero-order valence-corrected chi connectivity index (χ0v) is 10.2. The van der Waals surface area contributed by atoms with Gasteiger partial charge in [0.2, 0.25) is 0 Å². The van der Waals surface area contributed by atoms with E-state index in [0.717, 1.165) is 0 Å². The van der Waals surface area contributed by atoms with Crippen LogP contribution in [-0.4, -0.2) is 0 Å². The van der Waals surface area contributed by atoms with Crippen LogP contribution in [0.15, 0.2) is 30.3 Å². The third kappa shape index (κ3) is 2.11. The van der Waals surface area contributed by atoms with Gasteiger partial charge >= 0.3 is 0 Å². The van der Waals surface area contributed by atoms with Gasteiger partial charge in [-0.3, -0.25) is 0 Å². The molecular formula is C16H19. The second-order valence-corrected chi connectivity index (χ2v) is 4.34. The first kappa shape index (κ1) is 11.2. The number of rotatable bonds is 4. The van der Waals surface area contributed by atoms with E-state index in [1.165, 1.54) is 42.0 Å². The number of aryl methyl sites for hydroxylation is 2. The van der Waals surface area contributed by atoms with E-state index >= 15 is 0 Å². The van der Waals surface area contributed by atoms with Gasteiger partial charge < -0.3 is 0 Å². The van der Waals surface area contributed by atoms with Crippen LogP contribution in [0.5, 0.6) is 0 Å². The van der Waals surface area contributed by atoms with Crippen LogP contribution in [0.1, 0.15) is 37.8 Å². The summed E-state index contributed by atoms with van der Waals surface area (Å²) in [4.78, 5) is 0. The van der Waals surface area contributed by atoms with Crippen LogP contribution < -0.4 is 0 Å². The van der Waals surface area contributed by atoms with E-state index in [2.05, 4.69) is 50.2 Å². The van der Waals surface area contributed by atoms with Crippen molar-refractivity contribution in [3.05, 3.63) is 47.5 Å². The molecule has 0 unspecified atom stereocenters. The minimum Gasteiger partial charge on any atom is -0.0651 e. The molecule has 0 spiro atoms. The Balaban J connectivity index is 2.58. The third-order valence-corrected chi connectivity index (χ3v) is 3.06. The van der Waals surface area contributed by atoms with Crippen molar-refractivity contribution in [2.75, 3.05) is 0 Å². The van der Waals surface area contributed by atoms with Crippen molar-refractivity contribution in [3.8, 4) is 0 Å². The minimum absolute atomic E-state index is 1.18. The normalized spacial score (nSPS) is 10.9. The Hall–Kier alpha value is -1.30. The molecule has 2 aromatic carbocycles. The van der Waals surface area contributed by atoms with Crippen molar-refractivity contribution in [2.24, 2.45) is 0 Å². The fraction of sp³-hybridized carbons (Fsp3) is 0.375. The highest BCUT2D eigenvalue weighted by Gasteiger charge is 2.05. The summed E-state index contributed by atoms with van der Waals surface area (Å²) < 4.78 is 0. The molecule has 0 heterocycles. The van der Waals surface area contributed by atoms with Crippen molar-refractivity contribution in [3.63, 3.8) is 0 Å². The molecule has 0 aromatic heterocycles. The summed E-state index contributed by atoms with van der Waals surface area (Å²) in [6.45, 7) is 4.49. The minimum atomic E-state index is 1.18. The molecule has 1 radical (unpaired) electrons. The molecule has 0 aliphatic heterocycles. The lowest BCUT2D eigenvalue weighted by molar-refractivity contribution is 0.868. The maximum atomic E-state index is 3.40. The van der Waals surface area contributed by atoms with Gasteiger partial charge in [0, 0.05) is 0 Å². The second-order valence-electron chi connectivity index (χ2n) is 4.34. The largest absolute Gasteiger partial charge is 0.0651 e. The van der Waals surface area contributed by atoms with Crippen molar-refractivity contribution in [1.82, 2.24) is 0 Å². The van der Waals surface area contributed by atoms with E-state index in [1.807, 2.05) is 0 Å². The molecule has 0 N–H and O–H groups in total. The highest BCUT2D eigenvalue weighted by molar-refractivity contribution is 5.86. The first-order chi connectivity index (χ1) is 7.86. The van der Waals surface area contributed by atoms with Gasteiger partial charge in [0.05, 0.1) is 0 Å². The van der Waals surface area contributed by atoms with E-state index < -0.39 is 0 Å². The number of hydrogen-bond donors (Lipinski definition) is 0. The second kappa shape index (κ2) is 5.16. The van der Waals surface area contributed by atoms with Crippen LogP contribution in [0.25, 0.3) is 10.8 Å². The molecule has 0 atom stereocenters. The summed E-state index contributed by atoms with van der Waals surface area (Å²) >= 11 is 0. The molecule has 0 aliphatic rings. The van der Waals surface area contributed by atoms with Gasteiger partial charge in [0.15, 0.2) is 0 Å². The molecule has 0 aliphatic carbocycles. The summed E-state index contributed by atoms with van der Waals surface area (Å²) in [7, 11) is 0. The Labute approximate surface area is 98.3 Å². The Bertz CT molecular complexity index is 468. The Morgan fingerprint density at radius 2 is 1.75 bits per heavy atom. The van der Waals surface area contributed by atoms with Crippen LogP contribution >= 0.6 is 0 Å². The Morgan fingerprint density at radius 1 is 1.00 bits per heavy atom. The van der Waals surface area contributed by atoms with E-state index in [4.69, 9.17) is 0 Å². The standard InChI is InChI=1S/C16H19/c1-3-7-13-11-12-14-9-5-6-10-16(14)15(13)8-4-2/h5-6,9-11H,3-4,7-8H2,1-2H3. The van der Waals surface area contributed by atoms with Crippen molar-refractivity contribution in [1.29, 1.82) is 0 Å². The van der Waals surface area contributed by atoms with E-state index in [0.29, 0.717) is 0 Å². The molecule has 0 saturated heterocycles. The number of hydrogen-bond acceptors (Lipinski definition) is 0. The van der Waals surface area contributed by atoms with Crippen molar-refractivity contribution in [2.45, 2.75) is 39.5 Å². The van der Waals surface area contributed by atoms with Crippen LogP contribution in [0, 0.1) is 6.07 Å². The van der Waals surface area contributed by atoms with Gasteiger partial charge in [-0.2, -0.15) is 0 Å². The molecule has 0 fully saturated rings. The average molecular weight is 211 g/mol. The molecule has 0 nitrogen and oxygen atoms in total. The first-order valence-electron chi connectivity index (χ1n) is 6.28. The summed E-state index contributed by atoms with van der Waals surface area (Å²) in [5, 5.41) is 2.65. The van der Waals surface area contributed by atoms with Gasteiger partial charge in [-0.25, -0.2) is 0 Å². The van der Waals surface area contributed by atoms with Gasteiger partial charge in [-0.1, -0.05) is 57.0 Å². The molecule has 83 valence electrons. The summed E-state index contributed by atoms with van der Waals surface area (Å²) in [5.74, 6) is 0. The molecule has 0 bridgehead atoms. The predicted molar refractivity (Wildman–Crippen MR) is 70.8 cm³/mol. The van der Waals surface area contributed by atoms with Gasteiger partial charge in [-0.05, 0) is 40.8 Å². The number of fused-ring (bicyclic) bond motifs is 1. The fourth-order valence-electron chi connectivity index (χ4n) is 2.33. The molecule has 0 heteroatoms. The molecule has 0 amide bonds. The van der Waals surface area contributed by atoms with Gasteiger partial charge in [0.25, 0.3) is 0 Å². The highest BCUT2D eigenvalue weighted by atomic mass is 14.1. The van der Waals surface area contributed by atoms with Gasteiger partial charge in [-0.15, -0.1) is 0 Å². The van der Waals surface area contributed by atoms with Crippen molar-refractivity contribution >= 4 is 10.8 Å². The lowest BCUT2D eigenvalue weighted by Crippen LogP contribution is -1.95. The molecular weight excluding hydrogens is 192 g/mol. The maximum absolute atomic E-state index is 3.40. The molecule has 2 aromatic rings. The third-order valence-electron chi connectivity index (χ3n) is 3.06. The fourth-order valence-corrected chi connectivity index (χ4v) is 2.33. The SMILES string of the molecule is CCCc1c[c]c2ccccc2c1CCC. The van der Waals surface area contributed by atoms with E-state index in [-0.39, 0.29) is 0 Å². The quantitative estimate of drug-likeness (QED) is 0.696. The summed E-state index contributed by atoms with van der Waals surface area (Å²) in [5.41, 5.74) is 3.03. The van der Waals surface area contributed by atoms with Crippen LogP contribution in [0.2, 0.25) is 0 Å².